The van der Waals surface area contributed by atoms with Crippen LogP contribution in [0.5, 0.6) is 0 Å². The largest absolute Gasteiger partial charge is 0.346 e. The first-order valence-corrected chi connectivity index (χ1v) is 9.86. The second kappa shape index (κ2) is 7.27. The van der Waals surface area contributed by atoms with E-state index in [2.05, 4.69) is 11.4 Å². The van der Waals surface area contributed by atoms with Gasteiger partial charge < -0.3 is 5.32 Å². The second-order valence-corrected chi connectivity index (χ2v) is 8.35. The number of amides is 1. The molecule has 1 N–H and O–H groups in total. The molecule has 0 saturated heterocycles. The summed E-state index contributed by atoms with van der Waals surface area (Å²) in [5, 5.41) is 2.98. The minimum atomic E-state index is -3.37. The summed E-state index contributed by atoms with van der Waals surface area (Å²) < 4.78 is 24.5. The van der Waals surface area contributed by atoms with Gasteiger partial charge in [0, 0.05) is 12.6 Å². The molecule has 1 atom stereocenters. The molecule has 0 unspecified atom stereocenters. The summed E-state index contributed by atoms with van der Waals surface area (Å²) in [5.74, 6) is -0.239. The maximum Gasteiger partial charge on any atom is 0.251 e. The van der Waals surface area contributed by atoms with Crippen LogP contribution in [0.4, 0.5) is 5.69 Å². The van der Waals surface area contributed by atoms with Crippen molar-refractivity contribution in [3.63, 3.8) is 0 Å². The van der Waals surface area contributed by atoms with Crippen molar-refractivity contribution in [1.82, 2.24) is 5.32 Å². The Morgan fingerprint density at radius 2 is 1.80 bits per heavy atom. The predicted molar refractivity (Wildman–Crippen MR) is 101 cm³/mol. The summed E-state index contributed by atoms with van der Waals surface area (Å²) in [6, 6.07) is 12.6. The summed E-state index contributed by atoms with van der Waals surface area (Å²) in [7, 11) is -1.91. The van der Waals surface area contributed by atoms with Crippen LogP contribution in [0.25, 0.3) is 0 Å². The molecule has 0 heterocycles. The highest BCUT2D eigenvalue weighted by Crippen LogP contribution is 2.21. The van der Waals surface area contributed by atoms with Gasteiger partial charge in [0.1, 0.15) is 0 Å². The molecule has 0 aliphatic carbocycles. The van der Waals surface area contributed by atoms with E-state index < -0.39 is 10.0 Å². The van der Waals surface area contributed by atoms with Gasteiger partial charge in [0.2, 0.25) is 10.0 Å². The van der Waals surface area contributed by atoms with E-state index in [1.165, 1.54) is 7.05 Å². The molecule has 134 valence electrons. The fourth-order valence-electron chi connectivity index (χ4n) is 2.62. The van der Waals surface area contributed by atoms with Crippen molar-refractivity contribution in [3.8, 4) is 0 Å². The number of rotatable bonds is 5. The Balaban J connectivity index is 2.22. The van der Waals surface area contributed by atoms with E-state index in [1.807, 2.05) is 32.9 Å². The van der Waals surface area contributed by atoms with Crippen molar-refractivity contribution in [3.05, 3.63) is 64.7 Å². The van der Waals surface area contributed by atoms with E-state index in [9.17, 15) is 13.2 Å². The zero-order valence-electron chi connectivity index (χ0n) is 15.2. The highest BCUT2D eigenvalue weighted by molar-refractivity contribution is 7.92. The van der Waals surface area contributed by atoms with E-state index in [-0.39, 0.29) is 11.9 Å². The zero-order chi connectivity index (χ0) is 18.8. The van der Waals surface area contributed by atoms with E-state index in [1.54, 1.807) is 24.3 Å². The molecule has 0 radical (unpaired) electrons. The van der Waals surface area contributed by atoms with Gasteiger partial charge in [0.15, 0.2) is 0 Å². The number of carbonyl (C=O) groups is 1. The Hall–Kier alpha value is -2.34. The molecule has 0 bridgehead atoms. The third-order valence-corrected chi connectivity index (χ3v) is 5.42. The van der Waals surface area contributed by atoms with Gasteiger partial charge in [-0.15, -0.1) is 0 Å². The number of nitrogens with one attached hydrogen (secondary N) is 1. The number of carbonyl (C=O) groups excluding carboxylic acids is 1. The third-order valence-electron chi connectivity index (χ3n) is 4.22. The highest BCUT2D eigenvalue weighted by Gasteiger charge is 2.16. The lowest BCUT2D eigenvalue weighted by atomic mass is 9.99. The fourth-order valence-corrected chi connectivity index (χ4v) is 3.12. The molecule has 6 heteroatoms. The second-order valence-electron chi connectivity index (χ2n) is 6.34. The maximum atomic E-state index is 12.6. The molecule has 2 rings (SSSR count). The molecule has 2 aromatic rings. The van der Waals surface area contributed by atoms with Crippen LogP contribution in [0.1, 0.15) is 40.0 Å². The minimum Gasteiger partial charge on any atom is -0.346 e. The van der Waals surface area contributed by atoms with Crippen LogP contribution < -0.4 is 9.62 Å². The van der Waals surface area contributed by atoms with E-state index in [4.69, 9.17) is 0 Å². The van der Waals surface area contributed by atoms with Crippen molar-refractivity contribution < 1.29 is 13.2 Å². The van der Waals surface area contributed by atoms with Crippen LogP contribution in [0.2, 0.25) is 0 Å². The van der Waals surface area contributed by atoms with Gasteiger partial charge >= 0.3 is 0 Å². The van der Waals surface area contributed by atoms with Gasteiger partial charge in [-0.3, -0.25) is 9.10 Å². The van der Waals surface area contributed by atoms with Crippen LogP contribution in [-0.2, 0) is 10.0 Å². The Morgan fingerprint density at radius 1 is 1.12 bits per heavy atom. The van der Waals surface area contributed by atoms with Crippen LogP contribution >= 0.6 is 0 Å². The number of benzene rings is 2. The molecular formula is C19H24N2O3S. The molecule has 0 aliphatic heterocycles. The van der Waals surface area contributed by atoms with Gasteiger partial charge in [-0.2, -0.15) is 0 Å². The molecule has 0 aromatic heterocycles. The number of hydrogen-bond acceptors (Lipinski definition) is 3. The van der Waals surface area contributed by atoms with Crippen LogP contribution in [0, 0.1) is 13.8 Å². The van der Waals surface area contributed by atoms with Crippen LogP contribution in [0.15, 0.2) is 42.5 Å². The van der Waals surface area contributed by atoms with Gasteiger partial charge in [-0.1, -0.05) is 29.8 Å². The molecule has 0 aliphatic rings. The molecular weight excluding hydrogens is 336 g/mol. The first-order chi connectivity index (χ1) is 11.6. The number of aryl methyl sites for hydroxylation is 2. The molecule has 25 heavy (non-hydrogen) atoms. The molecule has 1 amide bonds. The maximum absolute atomic E-state index is 12.6. The zero-order valence-corrected chi connectivity index (χ0v) is 16.0. The van der Waals surface area contributed by atoms with Crippen molar-refractivity contribution in [1.29, 1.82) is 0 Å². The molecule has 0 fully saturated rings. The Morgan fingerprint density at radius 3 is 2.44 bits per heavy atom. The van der Waals surface area contributed by atoms with Crippen molar-refractivity contribution in [2.75, 3.05) is 17.6 Å². The lowest BCUT2D eigenvalue weighted by Gasteiger charge is -2.19. The topological polar surface area (TPSA) is 66.5 Å². The van der Waals surface area contributed by atoms with Gasteiger partial charge in [0.05, 0.1) is 18.0 Å². The van der Waals surface area contributed by atoms with Crippen molar-refractivity contribution in [2.24, 2.45) is 0 Å². The minimum absolute atomic E-state index is 0.149. The fraction of sp³-hybridized carbons (Fsp3) is 0.316. The van der Waals surface area contributed by atoms with E-state index in [0.717, 1.165) is 27.3 Å². The molecule has 0 saturated carbocycles. The molecule has 2 aromatic carbocycles. The lowest BCUT2D eigenvalue weighted by Crippen LogP contribution is -2.28. The van der Waals surface area contributed by atoms with Crippen LogP contribution in [-0.4, -0.2) is 27.6 Å². The number of hydrogen-bond donors (Lipinski definition) is 1. The SMILES string of the molecule is Cc1ccc(C)c([C@@H](C)NC(=O)c2cccc(N(C)S(C)(=O)=O)c2)c1. The van der Waals surface area contributed by atoms with Crippen molar-refractivity contribution in [2.45, 2.75) is 26.8 Å². The molecule has 5 nitrogen and oxygen atoms in total. The quantitative estimate of drug-likeness (QED) is 0.890. The number of nitrogens with zero attached hydrogens (tertiary/aromatic N) is 1. The van der Waals surface area contributed by atoms with Gasteiger partial charge in [-0.05, 0) is 50.1 Å². The summed E-state index contributed by atoms with van der Waals surface area (Å²) in [6.45, 7) is 5.97. The average Bonchev–Trinajstić information content (AvgIpc) is 2.55. The predicted octanol–water partition coefficient (Wildman–Crippen LogP) is 3.19. The van der Waals surface area contributed by atoms with Gasteiger partial charge in [-0.25, -0.2) is 8.42 Å². The third kappa shape index (κ3) is 4.60. The first kappa shape index (κ1) is 19.0. The first-order valence-electron chi connectivity index (χ1n) is 8.01. The monoisotopic (exact) mass is 360 g/mol. The number of anilines is 1. The Bertz CT molecular complexity index is 891. The van der Waals surface area contributed by atoms with Gasteiger partial charge in [0.25, 0.3) is 5.91 Å². The normalized spacial score (nSPS) is 12.5. The summed E-state index contributed by atoms with van der Waals surface area (Å²) in [4.78, 5) is 12.6. The summed E-state index contributed by atoms with van der Waals surface area (Å²) in [6.07, 6.45) is 1.13. The summed E-state index contributed by atoms with van der Waals surface area (Å²) in [5.41, 5.74) is 4.19. The van der Waals surface area contributed by atoms with Crippen molar-refractivity contribution >= 4 is 21.6 Å². The Labute approximate surface area is 149 Å². The smallest absolute Gasteiger partial charge is 0.251 e. The highest BCUT2D eigenvalue weighted by atomic mass is 32.2. The summed E-state index contributed by atoms with van der Waals surface area (Å²) >= 11 is 0. The van der Waals surface area contributed by atoms with E-state index in [0.29, 0.717) is 11.3 Å². The number of sulfonamides is 1. The standard InChI is InChI=1S/C19H24N2O3S/c1-13-9-10-14(2)18(11-13)15(3)20-19(22)16-7-6-8-17(12-16)21(4)25(5,23)24/h6-12,15H,1-5H3,(H,20,22)/t15-/m1/s1. The van der Waals surface area contributed by atoms with E-state index >= 15 is 0 Å². The Kier molecular flexibility index (Phi) is 5.52. The lowest BCUT2D eigenvalue weighted by molar-refractivity contribution is 0.0940. The average molecular weight is 360 g/mol. The van der Waals surface area contributed by atoms with Crippen LogP contribution in [0.3, 0.4) is 0 Å². The molecule has 0 spiro atoms.